The van der Waals surface area contributed by atoms with Crippen molar-refractivity contribution in [3.05, 3.63) is 48.0 Å². The number of carbonyl (C=O) groups is 3. The number of ether oxygens (including phenoxy) is 1. The zero-order valence-corrected chi connectivity index (χ0v) is 13.0. The third-order valence-corrected chi connectivity index (χ3v) is 3.64. The highest BCUT2D eigenvalue weighted by Crippen LogP contribution is 2.24. The average Bonchev–Trinajstić information content (AvgIpc) is 2.60. The Morgan fingerprint density at radius 1 is 1.17 bits per heavy atom. The first-order valence-electron chi connectivity index (χ1n) is 7.55. The SMILES string of the molecule is CNC(=O)NC(=O)[C@H](OC(=O)[C@@H]1CC=CCC1)c1ccccc1. The van der Waals surface area contributed by atoms with E-state index in [4.69, 9.17) is 4.74 Å². The third kappa shape index (κ3) is 4.67. The normalized spacial score (nSPS) is 17.9. The van der Waals surface area contributed by atoms with E-state index in [1.165, 1.54) is 7.05 Å². The summed E-state index contributed by atoms with van der Waals surface area (Å²) in [6.45, 7) is 0. The van der Waals surface area contributed by atoms with Gasteiger partial charge in [0.1, 0.15) is 0 Å². The summed E-state index contributed by atoms with van der Waals surface area (Å²) >= 11 is 0. The molecule has 6 heteroatoms. The van der Waals surface area contributed by atoms with Crippen molar-refractivity contribution in [2.45, 2.75) is 25.4 Å². The molecule has 0 spiro atoms. The van der Waals surface area contributed by atoms with Gasteiger partial charge < -0.3 is 10.1 Å². The van der Waals surface area contributed by atoms with Crippen molar-refractivity contribution in [3.8, 4) is 0 Å². The molecule has 0 fully saturated rings. The third-order valence-electron chi connectivity index (χ3n) is 3.64. The largest absolute Gasteiger partial charge is 0.447 e. The van der Waals surface area contributed by atoms with Crippen molar-refractivity contribution in [1.29, 1.82) is 0 Å². The first-order valence-corrected chi connectivity index (χ1v) is 7.55. The fraction of sp³-hybridized carbons (Fsp3) is 0.353. The fourth-order valence-corrected chi connectivity index (χ4v) is 2.36. The highest BCUT2D eigenvalue weighted by Gasteiger charge is 2.29. The van der Waals surface area contributed by atoms with Gasteiger partial charge in [-0.15, -0.1) is 0 Å². The van der Waals surface area contributed by atoms with E-state index in [1.807, 2.05) is 12.2 Å². The van der Waals surface area contributed by atoms with Gasteiger partial charge in [0, 0.05) is 12.6 Å². The number of amides is 3. The molecule has 0 bridgehead atoms. The lowest BCUT2D eigenvalue weighted by Gasteiger charge is -2.22. The van der Waals surface area contributed by atoms with Crippen LogP contribution in [0.25, 0.3) is 0 Å². The maximum absolute atomic E-state index is 12.3. The van der Waals surface area contributed by atoms with Crippen molar-refractivity contribution in [1.82, 2.24) is 10.6 Å². The zero-order valence-electron chi connectivity index (χ0n) is 13.0. The number of hydrogen-bond donors (Lipinski definition) is 2. The molecule has 0 saturated heterocycles. The molecule has 3 amide bonds. The summed E-state index contributed by atoms with van der Waals surface area (Å²) in [6, 6.07) is 8.00. The van der Waals surface area contributed by atoms with E-state index in [-0.39, 0.29) is 5.92 Å². The fourth-order valence-electron chi connectivity index (χ4n) is 2.36. The number of urea groups is 1. The summed E-state index contributed by atoms with van der Waals surface area (Å²) in [5.41, 5.74) is 0.522. The van der Waals surface area contributed by atoms with Crippen molar-refractivity contribution in [2.75, 3.05) is 7.05 Å². The molecule has 0 unspecified atom stereocenters. The molecule has 0 heterocycles. The topological polar surface area (TPSA) is 84.5 Å². The molecule has 6 nitrogen and oxygen atoms in total. The van der Waals surface area contributed by atoms with E-state index in [1.54, 1.807) is 30.3 Å². The van der Waals surface area contributed by atoms with Gasteiger partial charge in [0.05, 0.1) is 5.92 Å². The number of hydrogen-bond acceptors (Lipinski definition) is 4. The number of rotatable bonds is 4. The number of imide groups is 1. The minimum Gasteiger partial charge on any atom is -0.447 e. The van der Waals surface area contributed by atoms with E-state index in [0.29, 0.717) is 18.4 Å². The Kier molecular flexibility index (Phi) is 5.91. The van der Waals surface area contributed by atoms with Crippen LogP contribution in [0.4, 0.5) is 4.79 Å². The lowest BCUT2D eigenvalue weighted by atomic mass is 9.94. The van der Waals surface area contributed by atoms with Gasteiger partial charge in [-0.2, -0.15) is 0 Å². The van der Waals surface area contributed by atoms with Crippen LogP contribution in [0, 0.1) is 5.92 Å². The van der Waals surface area contributed by atoms with Crippen LogP contribution < -0.4 is 10.6 Å². The Morgan fingerprint density at radius 2 is 1.91 bits per heavy atom. The molecule has 1 aliphatic rings. The molecule has 2 N–H and O–H groups in total. The molecule has 0 aromatic heterocycles. The van der Waals surface area contributed by atoms with E-state index in [0.717, 1.165) is 6.42 Å². The lowest BCUT2D eigenvalue weighted by Crippen LogP contribution is -2.41. The Hall–Kier alpha value is -2.63. The van der Waals surface area contributed by atoms with Crippen LogP contribution in [0.1, 0.15) is 30.9 Å². The van der Waals surface area contributed by atoms with Gasteiger partial charge in [-0.1, -0.05) is 42.5 Å². The van der Waals surface area contributed by atoms with Crippen molar-refractivity contribution in [2.24, 2.45) is 5.92 Å². The van der Waals surface area contributed by atoms with Gasteiger partial charge in [-0.05, 0) is 19.3 Å². The van der Waals surface area contributed by atoms with E-state index in [2.05, 4.69) is 10.6 Å². The van der Waals surface area contributed by atoms with Gasteiger partial charge >= 0.3 is 12.0 Å². The standard InChI is InChI=1S/C17H20N2O4/c1-18-17(22)19-15(20)14(12-8-4-2-5-9-12)23-16(21)13-10-6-3-7-11-13/h2-6,8-9,13-14H,7,10-11H2,1H3,(H2,18,19,20,22)/t13-,14-/m1/s1. The van der Waals surface area contributed by atoms with Crippen molar-refractivity contribution >= 4 is 17.9 Å². The molecular weight excluding hydrogens is 296 g/mol. The summed E-state index contributed by atoms with van der Waals surface area (Å²) in [7, 11) is 1.40. The minimum atomic E-state index is -1.15. The second-order valence-electron chi connectivity index (χ2n) is 5.28. The van der Waals surface area contributed by atoms with Gasteiger partial charge in [0.15, 0.2) is 0 Å². The number of benzene rings is 1. The van der Waals surface area contributed by atoms with Crippen LogP contribution >= 0.6 is 0 Å². The van der Waals surface area contributed by atoms with Crippen molar-refractivity contribution in [3.63, 3.8) is 0 Å². The summed E-state index contributed by atoms with van der Waals surface area (Å²) in [6.07, 6.45) is 4.95. The lowest BCUT2D eigenvalue weighted by molar-refractivity contribution is -0.160. The summed E-state index contributed by atoms with van der Waals surface area (Å²) in [4.78, 5) is 35.9. The minimum absolute atomic E-state index is 0.251. The number of esters is 1. The molecule has 23 heavy (non-hydrogen) atoms. The van der Waals surface area contributed by atoms with E-state index < -0.39 is 24.0 Å². The van der Waals surface area contributed by atoms with Crippen LogP contribution in [0.2, 0.25) is 0 Å². The predicted octanol–water partition coefficient (Wildman–Crippen LogP) is 2.08. The number of allylic oxidation sites excluding steroid dienone is 2. The van der Waals surface area contributed by atoms with Gasteiger partial charge in [0.25, 0.3) is 5.91 Å². The predicted molar refractivity (Wildman–Crippen MR) is 84.4 cm³/mol. The quantitative estimate of drug-likeness (QED) is 0.658. The molecule has 1 aromatic carbocycles. The highest BCUT2D eigenvalue weighted by molar-refractivity contribution is 5.97. The first kappa shape index (κ1) is 16.7. The maximum atomic E-state index is 12.3. The van der Waals surface area contributed by atoms with Gasteiger partial charge in [0.2, 0.25) is 6.10 Å². The first-order chi connectivity index (χ1) is 11.1. The molecule has 2 atom stereocenters. The van der Waals surface area contributed by atoms with E-state index in [9.17, 15) is 14.4 Å². The zero-order chi connectivity index (χ0) is 16.7. The Labute approximate surface area is 134 Å². The number of carbonyl (C=O) groups excluding carboxylic acids is 3. The number of nitrogens with one attached hydrogen (secondary N) is 2. The second kappa shape index (κ2) is 8.12. The van der Waals surface area contributed by atoms with Crippen LogP contribution in [0.5, 0.6) is 0 Å². The molecule has 0 saturated carbocycles. The maximum Gasteiger partial charge on any atom is 0.321 e. The highest BCUT2D eigenvalue weighted by atomic mass is 16.5. The Morgan fingerprint density at radius 3 is 2.52 bits per heavy atom. The van der Waals surface area contributed by atoms with Crippen LogP contribution in [0.15, 0.2) is 42.5 Å². The summed E-state index contributed by atoms with van der Waals surface area (Å²) < 4.78 is 5.42. The van der Waals surface area contributed by atoms with Crippen molar-refractivity contribution < 1.29 is 19.1 Å². The van der Waals surface area contributed by atoms with E-state index >= 15 is 0 Å². The molecule has 0 aliphatic heterocycles. The Balaban J connectivity index is 2.13. The molecule has 1 aliphatic carbocycles. The average molecular weight is 316 g/mol. The van der Waals surface area contributed by atoms with Crippen LogP contribution in [-0.2, 0) is 14.3 Å². The molecule has 2 rings (SSSR count). The molecule has 0 radical (unpaired) electrons. The van der Waals surface area contributed by atoms with Gasteiger partial charge in [-0.25, -0.2) is 4.79 Å². The molecule has 1 aromatic rings. The molecule has 122 valence electrons. The second-order valence-corrected chi connectivity index (χ2v) is 5.28. The molecular formula is C17H20N2O4. The van der Waals surface area contributed by atoms with Crippen LogP contribution in [0.3, 0.4) is 0 Å². The Bertz CT molecular complexity index is 598. The monoisotopic (exact) mass is 316 g/mol. The summed E-state index contributed by atoms with van der Waals surface area (Å²) in [5.74, 6) is -1.34. The summed E-state index contributed by atoms with van der Waals surface area (Å²) in [5, 5.41) is 4.45. The van der Waals surface area contributed by atoms with Gasteiger partial charge in [-0.3, -0.25) is 14.9 Å². The van der Waals surface area contributed by atoms with Crippen LogP contribution in [-0.4, -0.2) is 25.0 Å². The smallest absolute Gasteiger partial charge is 0.321 e.